The summed E-state index contributed by atoms with van der Waals surface area (Å²) in [6.45, 7) is 4.16. The molecule has 0 saturated heterocycles. The van der Waals surface area contributed by atoms with Crippen molar-refractivity contribution in [3.63, 3.8) is 0 Å². The Labute approximate surface area is 101 Å². The monoisotopic (exact) mass is 239 g/mol. The summed E-state index contributed by atoms with van der Waals surface area (Å²) in [6.07, 6.45) is 2.02. The van der Waals surface area contributed by atoms with Crippen molar-refractivity contribution >= 4 is 10.8 Å². The number of hydrogen-bond donors (Lipinski definition) is 1. The standard InChI is InChI=1S/C13H21NOS/c1-3-6-13(14)10-16(15)9-12-8-5-4-7-11(12)2/h4-5,7-8,13H,3,6,9-10,14H2,1-2H3. The lowest BCUT2D eigenvalue weighted by Crippen LogP contribution is -2.27. The van der Waals surface area contributed by atoms with E-state index < -0.39 is 10.8 Å². The van der Waals surface area contributed by atoms with Gasteiger partial charge in [-0.3, -0.25) is 4.21 Å². The summed E-state index contributed by atoms with van der Waals surface area (Å²) in [7, 11) is -0.838. The summed E-state index contributed by atoms with van der Waals surface area (Å²) in [6, 6.07) is 8.17. The Kier molecular flexibility index (Phi) is 5.71. The molecular weight excluding hydrogens is 218 g/mol. The third-order valence-corrected chi connectivity index (χ3v) is 4.07. The van der Waals surface area contributed by atoms with E-state index in [9.17, 15) is 4.21 Å². The largest absolute Gasteiger partial charge is 0.327 e. The van der Waals surface area contributed by atoms with Crippen LogP contribution < -0.4 is 5.73 Å². The second-order valence-electron chi connectivity index (χ2n) is 4.23. The first kappa shape index (κ1) is 13.4. The lowest BCUT2D eigenvalue weighted by atomic mass is 10.1. The normalized spacial score (nSPS) is 14.7. The second-order valence-corrected chi connectivity index (χ2v) is 5.73. The maximum Gasteiger partial charge on any atom is 0.0488 e. The Morgan fingerprint density at radius 1 is 1.38 bits per heavy atom. The van der Waals surface area contributed by atoms with Crippen LogP contribution >= 0.6 is 0 Å². The molecule has 0 fully saturated rings. The van der Waals surface area contributed by atoms with Gasteiger partial charge in [-0.15, -0.1) is 0 Å². The first-order valence-corrected chi connectivity index (χ1v) is 7.27. The van der Waals surface area contributed by atoms with Crippen molar-refractivity contribution in [3.8, 4) is 0 Å². The SMILES string of the molecule is CCCC(N)CS(=O)Cc1ccccc1C. The number of aryl methyl sites for hydroxylation is 1. The van der Waals surface area contributed by atoms with Crippen LogP contribution in [-0.2, 0) is 16.6 Å². The highest BCUT2D eigenvalue weighted by Crippen LogP contribution is 2.10. The van der Waals surface area contributed by atoms with Crippen LogP contribution in [0.4, 0.5) is 0 Å². The van der Waals surface area contributed by atoms with Crippen molar-refractivity contribution < 1.29 is 4.21 Å². The highest BCUT2D eigenvalue weighted by atomic mass is 32.2. The van der Waals surface area contributed by atoms with E-state index in [-0.39, 0.29) is 6.04 Å². The van der Waals surface area contributed by atoms with Crippen LogP contribution in [0.1, 0.15) is 30.9 Å². The van der Waals surface area contributed by atoms with Gasteiger partial charge in [-0.05, 0) is 24.5 Å². The van der Waals surface area contributed by atoms with E-state index in [2.05, 4.69) is 19.9 Å². The Morgan fingerprint density at radius 3 is 2.69 bits per heavy atom. The Morgan fingerprint density at radius 2 is 2.06 bits per heavy atom. The van der Waals surface area contributed by atoms with Crippen molar-refractivity contribution in [1.29, 1.82) is 0 Å². The zero-order valence-corrected chi connectivity index (χ0v) is 10.9. The van der Waals surface area contributed by atoms with Crippen molar-refractivity contribution in [1.82, 2.24) is 0 Å². The molecule has 0 amide bonds. The molecule has 1 aromatic carbocycles. The van der Waals surface area contributed by atoms with Gasteiger partial charge in [-0.2, -0.15) is 0 Å². The zero-order valence-electron chi connectivity index (χ0n) is 10.1. The minimum atomic E-state index is -0.838. The van der Waals surface area contributed by atoms with E-state index in [1.165, 1.54) is 11.1 Å². The lowest BCUT2D eigenvalue weighted by molar-refractivity contribution is 0.637. The van der Waals surface area contributed by atoms with E-state index in [0.717, 1.165) is 12.8 Å². The summed E-state index contributed by atoms with van der Waals surface area (Å²) < 4.78 is 11.9. The van der Waals surface area contributed by atoms with Crippen LogP contribution in [0, 0.1) is 6.92 Å². The molecule has 1 aromatic rings. The zero-order chi connectivity index (χ0) is 12.0. The van der Waals surface area contributed by atoms with E-state index in [1.54, 1.807) is 0 Å². The summed E-state index contributed by atoms with van der Waals surface area (Å²) in [5.41, 5.74) is 8.26. The van der Waals surface area contributed by atoms with E-state index in [4.69, 9.17) is 5.73 Å². The number of hydrogen-bond acceptors (Lipinski definition) is 2. The Hall–Kier alpha value is -0.670. The van der Waals surface area contributed by atoms with Gasteiger partial charge in [0.1, 0.15) is 0 Å². The molecule has 2 N–H and O–H groups in total. The molecule has 0 spiro atoms. The van der Waals surface area contributed by atoms with Crippen LogP contribution in [0.3, 0.4) is 0 Å². The van der Waals surface area contributed by atoms with Crippen molar-refractivity contribution in [2.24, 2.45) is 5.73 Å². The van der Waals surface area contributed by atoms with Gasteiger partial charge in [0.25, 0.3) is 0 Å². The molecule has 1 rings (SSSR count). The molecule has 2 nitrogen and oxygen atoms in total. The van der Waals surface area contributed by atoms with Crippen LogP contribution in [0.5, 0.6) is 0 Å². The van der Waals surface area contributed by atoms with Crippen LogP contribution in [0.2, 0.25) is 0 Å². The predicted octanol–water partition coefficient (Wildman–Crippen LogP) is 2.37. The molecule has 0 aliphatic heterocycles. The summed E-state index contributed by atoms with van der Waals surface area (Å²) >= 11 is 0. The molecule has 16 heavy (non-hydrogen) atoms. The Bertz CT molecular complexity index is 352. The van der Waals surface area contributed by atoms with E-state index in [1.807, 2.05) is 18.2 Å². The van der Waals surface area contributed by atoms with E-state index in [0.29, 0.717) is 11.5 Å². The molecular formula is C13H21NOS. The van der Waals surface area contributed by atoms with Gasteiger partial charge in [-0.25, -0.2) is 0 Å². The summed E-state index contributed by atoms with van der Waals surface area (Å²) in [4.78, 5) is 0. The van der Waals surface area contributed by atoms with Crippen LogP contribution in [0.15, 0.2) is 24.3 Å². The molecule has 90 valence electrons. The fourth-order valence-corrected chi connectivity index (χ4v) is 3.13. The summed E-state index contributed by atoms with van der Waals surface area (Å²) in [5, 5.41) is 0. The number of rotatable bonds is 6. The lowest BCUT2D eigenvalue weighted by Gasteiger charge is -2.10. The predicted molar refractivity (Wildman–Crippen MR) is 70.8 cm³/mol. The molecule has 0 bridgehead atoms. The fourth-order valence-electron chi connectivity index (χ4n) is 1.70. The van der Waals surface area contributed by atoms with Crippen LogP contribution in [0.25, 0.3) is 0 Å². The number of benzene rings is 1. The van der Waals surface area contributed by atoms with Crippen LogP contribution in [-0.4, -0.2) is 16.0 Å². The van der Waals surface area contributed by atoms with Crippen molar-refractivity contribution in [3.05, 3.63) is 35.4 Å². The molecule has 0 aromatic heterocycles. The maximum absolute atomic E-state index is 11.9. The van der Waals surface area contributed by atoms with Crippen molar-refractivity contribution in [2.45, 2.75) is 38.5 Å². The first-order valence-electron chi connectivity index (χ1n) is 5.78. The fraction of sp³-hybridized carbons (Fsp3) is 0.538. The first-order chi connectivity index (χ1) is 7.63. The van der Waals surface area contributed by atoms with Gasteiger partial charge in [0.15, 0.2) is 0 Å². The summed E-state index contributed by atoms with van der Waals surface area (Å²) in [5.74, 6) is 1.24. The van der Waals surface area contributed by atoms with Gasteiger partial charge >= 0.3 is 0 Å². The van der Waals surface area contributed by atoms with Gasteiger partial charge in [-0.1, -0.05) is 37.6 Å². The van der Waals surface area contributed by atoms with Gasteiger partial charge in [0.05, 0.1) is 0 Å². The van der Waals surface area contributed by atoms with Gasteiger partial charge in [0.2, 0.25) is 0 Å². The number of nitrogens with two attached hydrogens (primary N) is 1. The van der Waals surface area contributed by atoms with Gasteiger partial charge in [0, 0.05) is 28.3 Å². The average molecular weight is 239 g/mol. The quantitative estimate of drug-likeness (QED) is 0.828. The molecule has 0 radical (unpaired) electrons. The molecule has 0 heterocycles. The highest BCUT2D eigenvalue weighted by molar-refractivity contribution is 7.84. The highest BCUT2D eigenvalue weighted by Gasteiger charge is 2.09. The molecule has 0 aliphatic rings. The minimum Gasteiger partial charge on any atom is -0.327 e. The molecule has 0 aliphatic carbocycles. The molecule has 0 saturated carbocycles. The molecule has 2 atom stereocenters. The second kappa shape index (κ2) is 6.81. The Balaban J connectivity index is 2.49. The average Bonchev–Trinajstić information content (AvgIpc) is 2.21. The maximum atomic E-state index is 11.9. The molecule has 3 heteroatoms. The third-order valence-electron chi connectivity index (χ3n) is 2.64. The van der Waals surface area contributed by atoms with Crippen molar-refractivity contribution in [2.75, 3.05) is 5.75 Å². The molecule has 2 unspecified atom stereocenters. The van der Waals surface area contributed by atoms with Gasteiger partial charge < -0.3 is 5.73 Å². The van der Waals surface area contributed by atoms with E-state index >= 15 is 0 Å². The third kappa shape index (κ3) is 4.45. The topological polar surface area (TPSA) is 43.1 Å². The minimum absolute atomic E-state index is 0.0786. The smallest absolute Gasteiger partial charge is 0.0488 e.